The number of non-ortho nitro benzene ring substituents is 1. The number of nitro groups is 1. The molecule has 1 aliphatic rings. The average Bonchev–Trinajstić information content (AvgIpc) is 2.95. The second-order valence-electron chi connectivity index (χ2n) is 6.21. The quantitative estimate of drug-likeness (QED) is 0.491. The van der Waals surface area contributed by atoms with E-state index in [2.05, 4.69) is 0 Å². The average molecular weight is 355 g/mol. The molecule has 0 bridgehead atoms. The smallest absolute Gasteiger partial charge is 0.270 e. The third-order valence-electron chi connectivity index (χ3n) is 4.78. The maximum absolute atomic E-state index is 13.2. The van der Waals surface area contributed by atoms with Gasteiger partial charge in [0.2, 0.25) is 0 Å². The summed E-state index contributed by atoms with van der Waals surface area (Å²) >= 11 is 6.18. The predicted octanol–water partition coefficient (Wildman–Crippen LogP) is 4.77. The van der Waals surface area contributed by atoms with E-state index in [1.165, 1.54) is 23.8 Å². The van der Waals surface area contributed by atoms with Crippen molar-refractivity contribution in [1.82, 2.24) is 4.57 Å². The molecule has 1 aromatic heterocycles. The summed E-state index contributed by atoms with van der Waals surface area (Å²) in [5, 5.41) is 12.1. The van der Waals surface area contributed by atoms with Crippen LogP contribution in [0.5, 0.6) is 0 Å². The van der Waals surface area contributed by atoms with Gasteiger partial charge in [-0.3, -0.25) is 19.5 Å². The topological polar surface area (TPSA) is 65.1 Å². The Kier molecular flexibility index (Phi) is 3.81. The highest BCUT2D eigenvalue weighted by atomic mass is 35.5. The highest BCUT2D eigenvalue weighted by Gasteiger charge is 2.25. The van der Waals surface area contributed by atoms with E-state index in [0.29, 0.717) is 0 Å². The van der Waals surface area contributed by atoms with Gasteiger partial charge >= 0.3 is 0 Å². The number of para-hydroxylation sites is 1. The molecule has 126 valence electrons. The number of rotatable bonds is 2. The first-order valence-corrected chi connectivity index (χ1v) is 8.55. The van der Waals surface area contributed by atoms with Crippen LogP contribution >= 0.6 is 11.6 Å². The second kappa shape index (κ2) is 6.01. The Hall–Kier alpha value is -2.66. The Morgan fingerprint density at radius 1 is 1.12 bits per heavy atom. The van der Waals surface area contributed by atoms with E-state index in [1.807, 2.05) is 24.3 Å². The van der Waals surface area contributed by atoms with Crippen LogP contribution in [0, 0.1) is 10.1 Å². The summed E-state index contributed by atoms with van der Waals surface area (Å²) in [4.78, 5) is 23.6. The third kappa shape index (κ3) is 2.51. The van der Waals surface area contributed by atoms with E-state index in [9.17, 15) is 14.9 Å². The normalized spacial score (nSPS) is 13.6. The largest absolute Gasteiger partial charge is 0.280 e. The summed E-state index contributed by atoms with van der Waals surface area (Å²) in [5.74, 6) is -0.237. The Balaban J connectivity index is 1.90. The number of fused-ring (bicyclic) bond motifs is 3. The number of aryl methyl sites for hydroxylation is 1. The molecule has 1 heterocycles. The number of carbonyl (C=O) groups excluding carboxylic acids is 1. The van der Waals surface area contributed by atoms with Gasteiger partial charge in [-0.05, 0) is 43.4 Å². The SMILES string of the molecule is O=C(c1ccc([N+](=O)[O-])cc1Cl)n1c2c(c3ccccc31)CCCC2. The molecular formula is C19H15ClN2O3. The number of hydrogen-bond acceptors (Lipinski definition) is 3. The first kappa shape index (κ1) is 15.8. The molecule has 0 amide bonds. The van der Waals surface area contributed by atoms with Gasteiger partial charge in [0, 0.05) is 23.2 Å². The molecule has 5 nitrogen and oxygen atoms in total. The van der Waals surface area contributed by atoms with E-state index >= 15 is 0 Å². The number of halogens is 1. The van der Waals surface area contributed by atoms with Crippen molar-refractivity contribution in [2.75, 3.05) is 0 Å². The summed E-state index contributed by atoms with van der Waals surface area (Å²) < 4.78 is 1.73. The number of hydrogen-bond donors (Lipinski definition) is 0. The van der Waals surface area contributed by atoms with Gasteiger partial charge < -0.3 is 0 Å². The maximum Gasteiger partial charge on any atom is 0.270 e. The number of nitro benzene ring substituents is 1. The lowest BCUT2D eigenvalue weighted by atomic mass is 9.95. The Morgan fingerprint density at radius 2 is 1.88 bits per heavy atom. The first-order valence-electron chi connectivity index (χ1n) is 8.18. The van der Waals surface area contributed by atoms with Crippen LogP contribution in [0.3, 0.4) is 0 Å². The van der Waals surface area contributed by atoms with Crippen LogP contribution in [0.25, 0.3) is 10.9 Å². The van der Waals surface area contributed by atoms with Crippen molar-refractivity contribution >= 4 is 34.1 Å². The molecule has 3 aromatic rings. The predicted molar refractivity (Wildman–Crippen MR) is 96.4 cm³/mol. The highest BCUT2D eigenvalue weighted by Crippen LogP contribution is 2.33. The summed E-state index contributed by atoms with van der Waals surface area (Å²) in [7, 11) is 0. The molecule has 0 saturated carbocycles. The molecular weight excluding hydrogens is 340 g/mol. The molecule has 0 N–H and O–H groups in total. The van der Waals surface area contributed by atoms with Gasteiger partial charge in [0.15, 0.2) is 0 Å². The summed E-state index contributed by atoms with van der Waals surface area (Å²) in [6.07, 6.45) is 3.97. The summed E-state index contributed by atoms with van der Waals surface area (Å²) in [5.41, 5.74) is 3.29. The minimum atomic E-state index is -0.521. The van der Waals surface area contributed by atoms with E-state index in [-0.39, 0.29) is 22.2 Å². The van der Waals surface area contributed by atoms with Gasteiger partial charge in [0.05, 0.1) is 21.0 Å². The number of benzene rings is 2. The molecule has 6 heteroatoms. The van der Waals surface area contributed by atoms with E-state index in [4.69, 9.17) is 11.6 Å². The van der Waals surface area contributed by atoms with Gasteiger partial charge in [-0.2, -0.15) is 0 Å². The van der Waals surface area contributed by atoms with Gasteiger partial charge in [-0.1, -0.05) is 29.8 Å². The number of carbonyl (C=O) groups is 1. The minimum absolute atomic E-state index is 0.0986. The van der Waals surface area contributed by atoms with Gasteiger partial charge in [-0.25, -0.2) is 0 Å². The van der Waals surface area contributed by atoms with Crippen LogP contribution in [0.4, 0.5) is 5.69 Å². The van der Waals surface area contributed by atoms with E-state index in [0.717, 1.165) is 42.3 Å². The summed E-state index contributed by atoms with van der Waals surface area (Å²) in [6.45, 7) is 0. The number of aromatic nitrogens is 1. The van der Waals surface area contributed by atoms with Crippen LogP contribution < -0.4 is 0 Å². The number of nitrogens with zero attached hydrogens (tertiary/aromatic N) is 2. The molecule has 0 unspecified atom stereocenters. The summed E-state index contributed by atoms with van der Waals surface area (Å²) in [6, 6.07) is 11.8. The van der Waals surface area contributed by atoms with E-state index in [1.54, 1.807) is 4.57 Å². The lowest BCUT2D eigenvalue weighted by Gasteiger charge is -2.15. The molecule has 0 aliphatic heterocycles. The zero-order valence-electron chi connectivity index (χ0n) is 13.4. The molecule has 25 heavy (non-hydrogen) atoms. The van der Waals surface area contributed by atoms with Crippen molar-refractivity contribution in [2.45, 2.75) is 25.7 Å². The van der Waals surface area contributed by atoms with E-state index < -0.39 is 4.92 Å². The van der Waals surface area contributed by atoms with Crippen molar-refractivity contribution in [3.8, 4) is 0 Å². The Labute approximate surface area is 149 Å². The van der Waals surface area contributed by atoms with Crippen molar-refractivity contribution in [2.24, 2.45) is 0 Å². The van der Waals surface area contributed by atoms with Crippen LogP contribution in [-0.2, 0) is 12.8 Å². The maximum atomic E-state index is 13.2. The fourth-order valence-corrected chi connectivity index (χ4v) is 3.89. The zero-order valence-corrected chi connectivity index (χ0v) is 14.1. The molecule has 0 fully saturated rings. The molecule has 0 saturated heterocycles. The first-order chi connectivity index (χ1) is 12.1. The van der Waals surface area contributed by atoms with Gasteiger partial charge in [-0.15, -0.1) is 0 Å². The van der Waals surface area contributed by atoms with Crippen LogP contribution in [0.1, 0.15) is 34.5 Å². The minimum Gasteiger partial charge on any atom is -0.280 e. The molecule has 0 atom stereocenters. The van der Waals surface area contributed by atoms with Crippen LogP contribution in [0.15, 0.2) is 42.5 Å². The van der Waals surface area contributed by atoms with Gasteiger partial charge in [0.1, 0.15) is 0 Å². The second-order valence-corrected chi connectivity index (χ2v) is 6.62. The zero-order chi connectivity index (χ0) is 17.6. The molecule has 0 radical (unpaired) electrons. The Bertz CT molecular complexity index is 1020. The van der Waals surface area contributed by atoms with Crippen molar-refractivity contribution in [1.29, 1.82) is 0 Å². The van der Waals surface area contributed by atoms with Crippen LogP contribution in [-0.4, -0.2) is 15.4 Å². The fraction of sp³-hybridized carbons (Fsp3) is 0.211. The molecule has 1 aliphatic carbocycles. The fourth-order valence-electron chi connectivity index (χ4n) is 3.64. The Morgan fingerprint density at radius 3 is 2.64 bits per heavy atom. The standard InChI is InChI=1S/C19H15ClN2O3/c20-16-11-12(22(24)25)9-10-15(16)19(23)21-17-7-3-1-5-13(17)14-6-2-4-8-18(14)21/h1,3,5,7,9-11H,2,4,6,8H2. The lowest BCUT2D eigenvalue weighted by Crippen LogP contribution is -2.17. The van der Waals surface area contributed by atoms with Crippen molar-refractivity contribution < 1.29 is 9.72 Å². The van der Waals surface area contributed by atoms with Gasteiger partial charge in [0.25, 0.3) is 11.6 Å². The molecule has 0 spiro atoms. The highest BCUT2D eigenvalue weighted by molar-refractivity contribution is 6.34. The van der Waals surface area contributed by atoms with Crippen molar-refractivity contribution in [3.05, 3.63) is 74.4 Å². The monoisotopic (exact) mass is 354 g/mol. The molecule has 4 rings (SSSR count). The van der Waals surface area contributed by atoms with Crippen LogP contribution in [0.2, 0.25) is 5.02 Å². The molecule has 2 aromatic carbocycles. The third-order valence-corrected chi connectivity index (χ3v) is 5.09. The lowest BCUT2D eigenvalue weighted by molar-refractivity contribution is -0.384. The van der Waals surface area contributed by atoms with Crippen molar-refractivity contribution in [3.63, 3.8) is 0 Å².